The summed E-state index contributed by atoms with van der Waals surface area (Å²) in [7, 11) is 0. The molecule has 0 aliphatic carbocycles. The Hall–Kier alpha value is -2.99. The van der Waals surface area contributed by atoms with Crippen LogP contribution >= 0.6 is 11.3 Å². The standard InChI is InChI=1S/C21H20N4OS/c1-3-20-24-17-9-4-5-10-19(17)25(20)12-21(26)23-16-8-6-7-15(11-16)18-13-27-14(2)22-18/h4-11,13H,3,12H2,1-2H3,(H,23,26). The van der Waals surface area contributed by atoms with Gasteiger partial charge in [0.15, 0.2) is 0 Å². The van der Waals surface area contributed by atoms with Gasteiger partial charge >= 0.3 is 0 Å². The van der Waals surface area contributed by atoms with Gasteiger partial charge in [-0.25, -0.2) is 9.97 Å². The maximum atomic E-state index is 12.7. The Morgan fingerprint density at radius 2 is 2.00 bits per heavy atom. The van der Waals surface area contributed by atoms with Crippen molar-refractivity contribution in [2.24, 2.45) is 0 Å². The number of rotatable bonds is 5. The molecule has 6 heteroatoms. The third-order valence-corrected chi connectivity index (χ3v) is 5.19. The number of nitrogens with zero attached hydrogens (tertiary/aromatic N) is 3. The molecule has 0 aliphatic heterocycles. The minimum absolute atomic E-state index is 0.0699. The molecular weight excluding hydrogens is 356 g/mol. The van der Waals surface area contributed by atoms with Crippen LogP contribution in [0.2, 0.25) is 0 Å². The highest BCUT2D eigenvalue weighted by molar-refractivity contribution is 7.09. The molecule has 4 rings (SSSR count). The van der Waals surface area contributed by atoms with Crippen LogP contribution in [0.3, 0.4) is 0 Å². The molecule has 0 aliphatic rings. The molecule has 5 nitrogen and oxygen atoms in total. The van der Waals surface area contributed by atoms with E-state index in [9.17, 15) is 4.79 Å². The summed E-state index contributed by atoms with van der Waals surface area (Å²) >= 11 is 1.62. The number of hydrogen-bond acceptors (Lipinski definition) is 4. The van der Waals surface area contributed by atoms with Crippen LogP contribution < -0.4 is 5.32 Å². The first kappa shape index (κ1) is 17.4. The zero-order valence-electron chi connectivity index (χ0n) is 15.3. The van der Waals surface area contributed by atoms with Gasteiger partial charge in [-0.1, -0.05) is 31.2 Å². The van der Waals surface area contributed by atoms with Crippen LogP contribution in [0.15, 0.2) is 53.9 Å². The first-order chi connectivity index (χ1) is 13.1. The molecule has 4 aromatic rings. The second-order valence-corrected chi connectivity index (χ2v) is 7.40. The number of fused-ring (bicyclic) bond motifs is 1. The lowest BCUT2D eigenvalue weighted by Gasteiger charge is -2.10. The van der Waals surface area contributed by atoms with Gasteiger partial charge in [-0.3, -0.25) is 4.79 Å². The average Bonchev–Trinajstić information content (AvgIpc) is 3.26. The van der Waals surface area contributed by atoms with Gasteiger partial charge in [0.25, 0.3) is 0 Å². The summed E-state index contributed by atoms with van der Waals surface area (Å²) in [4.78, 5) is 21.8. The Bertz CT molecular complexity index is 1110. The first-order valence-electron chi connectivity index (χ1n) is 8.90. The topological polar surface area (TPSA) is 59.8 Å². The van der Waals surface area contributed by atoms with Crippen molar-refractivity contribution in [1.29, 1.82) is 0 Å². The number of para-hydroxylation sites is 2. The van der Waals surface area contributed by atoms with E-state index in [0.717, 1.165) is 45.2 Å². The van der Waals surface area contributed by atoms with Gasteiger partial charge in [-0.2, -0.15) is 0 Å². The number of anilines is 1. The fourth-order valence-electron chi connectivity index (χ4n) is 3.17. The van der Waals surface area contributed by atoms with Gasteiger partial charge in [-0.15, -0.1) is 11.3 Å². The lowest BCUT2D eigenvalue weighted by Crippen LogP contribution is -2.20. The van der Waals surface area contributed by atoms with E-state index in [1.54, 1.807) is 11.3 Å². The smallest absolute Gasteiger partial charge is 0.244 e. The minimum atomic E-state index is -0.0699. The Labute approximate surface area is 161 Å². The van der Waals surface area contributed by atoms with E-state index in [-0.39, 0.29) is 12.5 Å². The van der Waals surface area contributed by atoms with Crippen molar-refractivity contribution in [3.63, 3.8) is 0 Å². The number of thiazole rings is 1. The Balaban J connectivity index is 1.55. The highest BCUT2D eigenvalue weighted by Crippen LogP contribution is 2.24. The van der Waals surface area contributed by atoms with Gasteiger partial charge in [0.05, 0.1) is 21.7 Å². The number of aromatic nitrogens is 3. The van der Waals surface area contributed by atoms with Crippen molar-refractivity contribution in [1.82, 2.24) is 14.5 Å². The first-order valence-corrected chi connectivity index (χ1v) is 9.78. The molecule has 136 valence electrons. The third-order valence-electron chi connectivity index (χ3n) is 4.41. The Morgan fingerprint density at radius 3 is 2.78 bits per heavy atom. The maximum absolute atomic E-state index is 12.7. The highest BCUT2D eigenvalue weighted by Gasteiger charge is 2.13. The fraction of sp³-hybridized carbons (Fsp3) is 0.190. The molecule has 2 heterocycles. The SMILES string of the molecule is CCc1nc2ccccc2n1CC(=O)Nc1cccc(-c2csc(C)n2)c1. The quantitative estimate of drug-likeness (QED) is 0.551. The molecule has 0 bridgehead atoms. The van der Waals surface area contributed by atoms with E-state index in [4.69, 9.17) is 0 Å². The normalized spacial score (nSPS) is 11.0. The summed E-state index contributed by atoms with van der Waals surface area (Å²) in [6.45, 7) is 4.28. The van der Waals surface area contributed by atoms with Gasteiger partial charge in [-0.05, 0) is 31.2 Å². The third kappa shape index (κ3) is 3.61. The zero-order chi connectivity index (χ0) is 18.8. The van der Waals surface area contributed by atoms with Crippen molar-refractivity contribution in [2.45, 2.75) is 26.8 Å². The van der Waals surface area contributed by atoms with E-state index in [0.29, 0.717) is 0 Å². The molecule has 0 spiro atoms. The number of hydrogen-bond donors (Lipinski definition) is 1. The van der Waals surface area contributed by atoms with E-state index in [1.165, 1.54) is 0 Å². The Morgan fingerprint density at radius 1 is 1.15 bits per heavy atom. The molecular formula is C21H20N4OS. The number of carbonyl (C=O) groups is 1. The van der Waals surface area contributed by atoms with Crippen LogP contribution in [0.25, 0.3) is 22.3 Å². The van der Waals surface area contributed by atoms with E-state index in [1.807, 2.05) is 65.4 Å². The maximum Gasteiger partial charge on any atom is 0.244 e. The molecule has 0 radical (unpaired) electrons. The van der Waals surface area contributed by atoms with Crippen LogP contribution in [0.4, 0.5) is 5.69 Å². The van der Waals surface area contributed by atoms with Crippen LogP contribution in [-0.2, 0) is 17.8 Å². The number of benzene rings is 2. The summed E-state index contributed by atoms with van der Waals surface area (Å²) in [5.41, 5.74) is 4.60. The molecule has 1 N–H and O–H groups in total. The second kappa shape index (κ2) is 7.32. The molecule has 0 unspecified atom stereocenters. The monoisotopic (exact) mass is 376 g/mol. The van der Waals surface area contributed by atoms with E-state index < -0.39 is 0 Å². The molecule has 0 atom stereocenters. The number of imidazole rings is 1. The van der Waals surface area contributed by atoms with Crippen molar-refractivity contribution >= 4 is 34.0 Å². The summed E-state index contributed by atoms with van der Waals surface area (Å²) in [5, 5.41) is 6.06. The molecule has 0 saturated heterocycles. The molecule has 0 saturated carbocycles. The number of carbonyl (C=O) groups excluding carboxylic acids is 1. The fourth-order valence-corrected chi connectivity index (χ4v) is 3.79. The van der Waals surface area contributed by atoms with Crippen molar-refractivity contribution < 1.29 is 4.79 Å². The summed E-state index contributed by atoms with van der Waals surface area (Å²) < 4.78 is 1.98. The van der Waals surface area contributed by atoms with Crippen molar-refractivity contribution in [2.75, 3.05) is 5.32 Å². The van der Waals surface area contributed by atoms with Crippen LogP contribution in [0.5, 0.6) is 0 Å². The summed E-state index contributed by atoms with van der Waals surface area (Å²) in [5.74, 6) is 0.845. The van der Waals surface area contributed by atoms with E-state index in [2.05, 4.69) is 22.2 Å². The van der Waals surface area contributed by atoms with Crippen LogP contribution in [-0.4, -0.2) is 20.4 Å². The van der Waals surface area contributed by atoms with Gasteiger partial charge in [0.2, 0.25) is 5.91 Å². The van der Waals surface area contributed by atoms with E-state index >= 15 is 0 Å². The van der Waals surface area contributed by atoms with Crippen LogP contribution in [0.1, 0.15) is 17.8 Å². The summed E-state index contributed by atoms with van der Waals surface area (Å²) in [6, 6.07) is 15.7. The molecule has 0 fully saturated rings. The highest BCUT2D eigenvalue weighted by atomic mass is 32.1. The number of amides is 1. The predicted molar refractivity (Wildman–Crippen MR) is 110 cm³/mol. The molecule has 27 heavy (non-hydrogen) atoms. The largest absolute Gasteiger partial charge is 0.325 e. The molecule has 2 aromatic carbocycles. The lowest BCUT2D eigenvalue weighted by molar-refractivity contribution is -0.116. The minimum Gasteiger partial charge on any atom is -0.325 e. The average molecular weight is 376 g/mol. The summed E-state index contributed by atoms with van der Waals surface area (Å²) in [6.07, 6.45) is 0.778. The van der Waals surface area contributed by atoms with Crippen molar-refractivity contribution in [3.8, 4) is 11.3 Å². The Kier molecular flexibility index (Phi) is 4.73. The van der Waals surface area contributed by atoms with Crippen molar-refractivity contribution in [3.05, 3.63) is 64.7 Å². The molecule has 1 amide bonds. The van der Waals surface area contributed by atoms with Crippen LogP contribution in [0, 0.1) is 6.92 Å². The van der Waals surface area contributed by atoms with Gasteiger partial charge < -0.3 is 9.88 Å². The van der Waals surface area contributed by atoms with Gasteiger partial charge in [0.1, 0.15) is 12.4 Å². The molecule has 2 aromatic heterocycles. The number of nitrogens with one attached hydrogen (secondary N) is 1. The second-order valence-electron chi connectivity index (χ2n) is 6.34. The predicted octanol–water partition coefficient (Wildman–Crippen LogP) is 4.67. The lowest BCUT2D eigenvalue weighted by atomic mass is 10.1. The van der Waals surface area contributed by atoms with Gasteiger partial charge in [0, 0.05) is 23.1 Å². The zero-order valence-corrected chi connectivity index (χ0v) is 16.1. The number of aryl methyl sites for hydroxylation is 2.